The highest BCUT2D eigenvalue weighted by atomic mass is 32.1. The predicted molar refractivity (Wildman–Crippen MR) is 107 cm³/mol. The van der Waals surface area contributed by atoms with E-state index in [1.807, 2.05) is 30.3 Å². The van der Waals surface area contributed by atoms with Crippen LogP contribution in [0.1, 0.15) is 21.9 Å². The predicted octanol–water partition coefficient (Wildman–Crippen LogP) is 3.94. The third-order valence-electron chi connectivity index (χ3n) is 3.73. The third-order valence-corrected chi connectivity index (χ3v) is 3.93. The lowest BCUT2D eigenvalue weighted by Crippen LogP contribution is -2.43. The van der Waals surface area contributed by atoms with Gasteiger partial charge in [0.15, 0.2) is 10.9 Å². The Bertz CT molecular complexity index is 976. The molecule has 8 heteroatoms. The molecule has 3 aromatic rings. The number of furan rings is 1. The summed E-state index contributed by atoms with van der Waals surface area (Å²) in [6.07, 6.45) is 0. The lowest BCUT2D eigenvalue weighted by molar-refractivity contribution is 0.0912. The van der Waals surface area contributed by atoms with Gasteiger partial charge >= 0.3 is 5.91 Å². The molecule has 28 heavy (non-hydrogen) atoms. The molecule has 0 atom stereocenters. The highest BCUT2D eigenvalue weighted by Gasteiger charge is 2.12. The van der Waals surface area contributed by atoms with Crippen molar-refractivity contribution in [3.8, 4) is 5.75 Å². The number of ether oxygens (including phenoxy) is 1. The Kier molecular flexibility index (Phi) is 6.23. The molecule has 0 unspecified atom stereocenters. The number of thiocarbonyl (C=S) groups is 1. The molecular weight excluding hydrogens is 381 g/mol. The van der Waals surface area contributed by atoms with Gasteiger partial charge in [0.2, 0.25) is 0 Å². The number of hydrazine groups is 1. The first-order valence-electron chi connectivity index (χ1n) is 8.41. The monoisotopic (exact) mass is 399 g/mol. The minimum Gasteiger partial charge on any atom is -0.486 e. The second-order valence-corrected chi connectivity index (χ2v) is 6.27. The van der Waals surface area contributed by atoms with E-state index in [1.54, 1.807) is 25.1 Å². The second kappa shape index (κ2) is 9.01. The van der Waals surface area contributed by atoms with E-state index >= 15 is 0 Å². The number of aryl methyl sites for hydroxylation is 1. The van der Waals surface area contributed by atoms with E-state index < -0.39 is 5.91 Å². The van der Waals surface area contributed by atoms with Gasteiger partial charge in [0.25, 0.3) is 0 Å². The molecule has 3 N–H and O–H groups in total. The highest BCUT2D eigenvalue weighted by molar-refractivity contribution is 7.80. The van der Waals surface area contributed by atoms with Crippen LogP contribution in [0.4, 0.5) is 10.1 Å². The number of halogens is 1. The number of carbonyl (C=O) groups is 1. The molecular formula is C20H18FN3O3S. The van der Waals surface area contributed by atoms with Crippen molar-refractivity contribution in [3.05, 3.63) is 83.6 Å². The van der Waals surface area contributed by atoms with Crippen molar-refractivity contribution < 1.29 is 18.3 Å². The van der Waals surface area contributed by atoms with Gasteiger partial charge in [-0.05, 0) is 61.1 Å². The zero-order valence-corrected chi connectivity index (χ0v) is 15.8. The summed E-state index contributed by atoms with van der Waals surface area (Å²) < 4.78 is 24.6. The number of rotatable bonds is 5. The van der Waals surface area contributed by atoms with Crippen LogP contribution in [0.3, 0.4) is 0 Å². The summed E-state index contributed by atoms with van der Waals surface area (Å²) in [5.74, 6) is 0.451. The Balaban J connectivity index is 1.47. The van der Waals surface area contributed by atoms with Crippen LogP contribution in [0.5, 0.6) is 5.75 Å². The smallest absolute Gasteiger partial charge is 0.305 e. The minimum atomic E-state index is -0.509. The van der Waals surface area contributed by atoms with Gasteiger partial charge in [-0.1, -0.05) is 24.3 Å². The standard InChI is InChI=1S/C20H18FN3O3S/c1-13-7-8-14(11-17(13)21)22-20(28)24-23-19(25)18-10-9-16(27-18)12-26-15-5-3-2-4-6-15/h2-11H,12H2,1H3,(H,23,25)(H2,22,24,28). The van der Waals surface area contributed by atoms with E-state index in [0.717, 1.165) is 0 Å². The Hall–Kier alpha value is -3.39. The van der Waals surface area contributed by atoms with Gasteiger partial charge in [-0.15, -0.1) is 0 Å². The first kappa shape index (κ1) is 19.4. The number of hydrogen-bond acceptors (Lipinski definition) is 4. The maximum absolute atomic E-state index is 13.5. The Morgan fingerprint density at radius 1 is 1.11 bits per heavy atom. The number of carbonyl (C=O) groups excluding carboxylic acids is 1. The molecule has 0 aliphatic carbocycles. The van der Waals surface area contributed by atoms with Gasteiger partial charge < -0.3 is 14.5 Å². The summed E-state index contributed by atoms with van der Waals surface area (Å²) in [6.45, 7) is 1.86. The summed E-state index contributed by atoms with van der Waals surface area (Å²) in [4.78, 5) is 12.1. The fraction of sp³-hybridized carbons (Fsp3) is 0.100. The molecule has 2 aromatic carbocycles. The van der Waals surface area contributed by atoms with Crippen LogP contribution < -0.4 is 20.9 Å². The lowest BCUT2D eigenvalue weighted by atomic mass is 10.2. The van der Waals surface area contributed by atoms with Gasteiger partial charge in [-0.25, -0.2) is 4.39 Å². The molecule has 0 saturated heterocycles. The number of hydrogen-bond donors (Lipinski definition) is 3. The Labute approximate surface area is 166 Å². The topological polar surface area (TPSA) is 75.5 Å². The molecule has 1 amide bonds. The summed E-state index contributed by atoms with van der Waals surface area (Å²) in [5.41, 5.74) is 5.94. The summed E-state index contributed by atoms with van der Waals surface area (Å²) in [6, 6.07) is 17.1. The zero-order valence-electron chi connectivity index (χ0n) is 15.0. The minimum absolute atomic E-state index is 0.100. The van der Waals surface area contributed by atoms with Crippen LogP contribution in [0.25, 0.3) is 0 Å². The number of para-hydroxylation sites is 1. The van der Waals surface area contributed by atoms with Crippen molar-refractivity contribution in [1.82, 2.24) is 10.9 Å². The zero-order chi connectivity index (χ0) is 19.9. The van der Waals surface area contributed by atoms with Gasteiger partial charge in [0, 0.05) is 5.69 Å². The van der Waals surface area contributed by atoms with E-state index in [1.165, 1.54) is 12.1 Å². The molecule has 0 aliphatic rings. The lowest BCUT2D eigenvalue weighted by Gasteiger charge is -2.11. The molecule has 0 fully saturated rings. The van der Waals surface area contributed by atoms with E-state index in [4.69, 9.17) is 21.4 Å². The van der Waals surface area contributed by atoms with Gasteiger partial charge in [0.05, 0.1) is 0 Å². The fourth-order valence-corrected chi connectivity index (χ4v) is 2.43. The Morgan fingerprint density at radius 3 is 2.64 bits per heavy atom. The van der Waals surface area contributed by atoms with Crippen LogP contribution in [0, 0.1) is 12.7 Å². The molecule has 0 aliphatic heterocycles. The first-order valence-corrected chi connectivity index (χ1v) is 8.82. The van der Waals surface area contributed by atoms with Crippen molar-refractivity contribution >= 4 is 28.9 Å². The molecule has 0 bridgehead atoms. The van der Waals surface area contributed by atoms with Crippen LogP contribution in [-0.2, 0) is 6.61 Å². The largest absolute Gasteiger partial charge is 0.486 e. The van der Waals surface area contributed by atoms with Crippen molar-refractivity contribution in [2.75, 3.05) is 5.32 Å². The van der Waals surface area contributed by atoms with Crippen LogP contribution >= 0.6 is 12.2 Å². The number of benzene rings is 2. The maximum atomic E-state index is 13.5. The van der Waals surface area contributed by atoms with E-state index in [9.17, 15) is 9.18 Å². The average molecular weight is 399 g/mol. The average Bonchev–Trinajstić information content (AvgIpc) is 3.17. The van der Waals surface area contributed by atoms with Crippen molar-refractivity contribution in [2.45, 2.75) is 13.5 Å². The molecule has 144 valence electrons. The number of nitrogens with one attached hydrogen (secondary N) is 3. The fourth-order valence-electron chi connectivity index (χ4n) is 2.26. The molecule has 1 heterocycles. The molecule has 0 saturated carbocycles. The van der Waals surface area contributed by atoms with Crippen LogP contribution in [0.2, 0.25) is 0 Å². The molecule has 6 nitrogen and oxygen atoms in total. The number of amides is 1. The van der Waals surface area contributed by atoms with E-state index in [-0.39, 0.29) is 23.3 Å². The van der Waals surface area contributed by atoms with Gasteiger partial charge in [-0.2, -0.15) is 0 Å². The van der Waals surface area contributed by atoms with E-state index in [2.05, 4.69) is 16.2 Å². The van der Waals surface area contributed by atoms with Crippen molar-refractivity contribution in [1.29, 1.82) is 0 Å². The Morgan fingerprint density at radius 2 is 1.89 bits per heavy atom. The molecule has 0 radical (unpaired) electrons. The molecule has 0 spiro atoms. The normalized spacial score (nSPS) is 10.2. The summed E-state index contributed by atoms with van der Waals surface area (Å²) in [7, 11) is 0. The number of anilines is 1. The summed E-state index contributed by atoms with van der Waals surface area (Å²) >= 11 is 5.07. The van der Waals surface area contributed by atoms with Crippen LogP contribution in [-0.4, -0.2) is 11.0 Å². The molecule has 3 rings (SSSR count). The molecule has 1 aromatic heterocycles. The highest BCUT2D eigenvalue weighted by Crippen LogP contribution is 2.14. The van der Waals surface area contributed by atoms with Crippen molar-refractivity contribution in [3.63, 3.8) is 0 Å². The van der Waals surface area contributed by atoms with Gasteiger partial charge in [0.1, 0.15) is 23.9 Å². The SMILES string of the molecule is Cc1ccc(NC(=S)NNC(=O)c2ccc(COc3ccccc3)o2)cc1F. The second-order valence-electron chi connectivity index (χ2n) is 5.86. The van der Waals surface area contributed by atoms with E-state index in [0.29, 0.717) is 22.8 Å². The van der Waals surface area contributed by atoms with Crippen molar-refractivity contribution in [2.24, 2.45) is 0 Å². The van der Waals surface area contributed by atoms with Crippen LogP contribution in [0.15, 0.2) is 65.1 Å². The van der Waals surface area contributed by atoms with Gasteiger partial charge in [-0.3, -0.25) is 15.6 Å². The maximum Gasteiger partial charge on any atom is 0.305 e. The summed E-state index contributed by atoms with van der Waals surface area (Å²) in [5, 5.41) is 2.88. The third kappa shape index (κ3) is 5.31. The quantitative estimate of drug-likeness (QED) is 0.446. The first-order chi connectivity index (χ1) is 13.5.